The summed E-state index contributed by atoms with van der Waals surface area (Å²) in [6.45, 7) is 3.17. The maximum absolute atomic E-state index is 12.5. The third-order valence-electron chi connectivity index (χ3n) is 4.21. The zero-order valence-electron chi connectivity index (χ0n) is 13.0. The zero-order valence-corrected chi connectivity index (χ0v) is 14.5. The first-order valence-electron chi connectivity index (χ1n) is 7.57. The summed E-state index contributed by atoms with van der Waals surface area (Å²) in [5.74, 6) is -0.196. The fourth-order valence-electron chi connectivity index (χ4n) is 2.68. The molecule has 1 saturated heterocycles. The zero-order chi connectivity index (χ0) is 17.3. The van der Waals surface area contributed by atoms with Crippen LogP contribution < -0.4 is 10.6 Å². The Kier molecular flexibility index (Phi) is 4.94. The SMILES string of the molecule is Cc1cnccc1C(NC(=O)C1CNC1)c1c(O)ccc(Cl)c1Cl. The van der Waals surface area contributed by atoms with Crippen LogP contribution in [-0.4, -0.2) is 29.1 Å². The molecule has 0 spiro atoms. The van der Waals surface area contributed by atoms with Gasteiger partial charge in [0, 0.05) is 31.0 Å². The minimum Gasteiger partial charge on any atom is -0.508 e. The summed E-state index contributed by atoms with van der Waals surface area (Å²) in [6, 6.07) is 4.20. The van der Waals surface area contributed by atoms with E-state index >= 15 is 0 Å². The molecular weight excluding hydrogens is 349 g/mol. The van der Waals surface area contributed by atoms with Gasteiger partial charge in [0.05, 0.1) is 22.0 Å². The number of aryl methyl sites for hydroxylation is 1. The molecule has 1 aromatic heterocycles. The number of aromatic nitrogens is 1. The van der Waals surface area contributed by atoms with E-state index in [1.165, 1.54) is 12.1 Å². The van der Waals surface area contributed by atoms with E-state index < -0.39 is 6.04 Å². The molecule has 126 valence electrons. The van der Waals surface area contributed by atoms with Crippen LogP contribution in [0.4, 0.5) is 0 Å². The van der Waals surface area contributed by atoms with Crippen LogP contribution in [0.5, 0.6) is 5.75 Å². The minimum absolute atomic E-state index is 0.0161. The van der Waals surface area contributed by atoms with E-state index in [9.17, 15) is 9.90 Å². The van der Waals surface area contributed by atoms with Crippen molar-refractivity contribution in [2.24, 2.45) is 5.92 Å². The molecule has 2 aromatic rings. The van der Waals surface area contributed by atoms with Gasteiger partial charge in [0.1, 0.15) is 5.75 Å². The van der Waals surface area contributed by atoms with Gasteiger partial charge in [0.2, 0.25) is 5.91 Å². The predicted octanol–water partition coefficient (Wildman–Crippen LogP) is 2.83. The van der Waals surface area contributed by atoms with Crippen molar-refractivity contribution in [1.29, 1.82) is 0 Å². The fraction of sp³-hybridized carbons (Fsp3) is 0.294. The van der Waals surface area contributed by atoms with Crippen molar-refractivity contribution in [3.63, 3.8) is 0 Å². The molecule has 1 unspecified atom stereocenters. The van der Waals surface area contributed by atoms with Gasteiger partial charge in [-0.3, -0.25) is 9.78 Å². The van der Waals surface area contributed by atoms with Gasteiger partial charge in [-0.05, 0) is 36.2 Å². The molecule has 7 heteroatoms. The standard InChI is InChI=1S/C17H17Cl2N3O2/c1-9-6-20-5-4-11(9)16(22-17(24)10-7-21-8-10)14-13(23)3-2-12(18)15(14)19/h2-6,10,16,21,23H,7-8H2,1H3,(H,22,24). The molecular formula is C17H17Cl2N3O2. The average Bonchev–Trinajstić information content (AvgIpc) is 2.49. The number of carbonyl (C=O) groups is 1. The van der Waals surface area contributed by atoms with Crippen molar-refractivity contribution in [2.75, 3.05) is 13.1 Å². The van der Waals surface area contributed by atoms with Gasteiger partial charge in [0.25, 0.3) is 0 Å². The van der Waals surface area contributed by atoms with Crippen LogP contribution in [-0.2, 0) is 4.79 Å². The Morgan fingerprint density at radius 2 is 2.12 bits per heavy atom. The third-order valence-corrected chi connectivity index (χ3v) is 5.03. The molecule has 1 amide bonds. The number of pyridine rings is 1. The van der Waals surface area contributed by atoms with Crippen LogP contribution >= 0.6 is 23.2 Å². The largest absolute Gasteiger partial charge is 0.508 e. The molecule has 3 rings (SSSR count). The van der Waals surface area contributed by atoms with Crippen LogP contribution in [0.15, 0.2) is 30.6 Å². The second-order valence-corrected chi connectivity index (χ2v) is 6.61. The highest BCUT2D eigenvalue weighted by molar-refractivity contribution is 6.42. The van der Waals surface area contributed by atoms with E-state index in [0.717, 1.165) is 11.1 Å². The quantitative estimate of drug-likeness (QED) is 0.778. The van der Waals surface area contributed by atoms with Crippen molar-refractivity contribution in [2.45, 2.75) is 13.0 Å². The number of nitrogens with one attached hydrogen (secondary N) is 2. The number of nitrogens with zero attached hydrogens (tertiary/aromatic N) is 1. The van der Waals surface area contributed by atoms with Crippen molar-refractivity contribution >= 4 is 29.1 Å². The third kappa shape index (κ3) is 3.20. The van der Waals surface area contributed by atoms with Gasteiger partial charge < -0.3 is 15.7 Å². The lowest BCUT2D eigenvalue weighted by atomic mass is 9.93. The topological polar surface area (TPSA) is 74.2 Å². The lowest BCUT2D eigenvalue weighted by Gasteiger charge is -2.30. The highest BCUT2D eigenvalue weighted by Crippen LogP contribution is 2.40. The first kappa shape index (κ1) is 17.0. The number of benzene rings is 1. The molecule has 24 heavy (non-hydrogen) atoms. The Balaban J connectivity index is 2.07. The Labute approximate surface area is 150 Å². The van der Waals surface area contributed by atoms with Crippen molar-refractivity contribution in [3.8, 4) is 5.75 Å². The molecule has 0 bridgehead atoms. The van der Waals surface area contributed by atoms with Crippen LogP contribution in [0, 0.1) is 12.8 Å². The van der Waals surface area contributed by atoms with Gasteiger partial charge >= 0.3 is 0 Å². The molecule has 5 nitrogen and oxygen atoms in total. The summed E-state index contributed by atoms with van der Waals surface area (Å²) in [5.41, 5.74) is 2.08. The molecule has 1 atom stereocenters. The van der Waals surface area contributed by atoms with E-state index in [2.05, 4.69) is 15.6 Å². The molecule has 1 fully saturated rings. The smallest absolute Gasteiger partial charge is 0.226 e. The molecule has 1 aliphatic heterocycles. The Morgan fingerprint density at radius 1 is 1.38 bits per heavy atom. The number of hydrogen-bond acceptors (Lipinski definition) is 4. The number of phenolic OH excluding ortho intramolecular Hbond substituents is 1. The normalized spacial score (nSPS) is 15.6. The van der Waals surface area contributed by atoms with Gasteiger partial charge in [-0.25, -0.2) is 0 Å². The summed E-state index contributed by atoms with van der Waals surface area (Å²) < 4.78 is 0. The minimum atomic E-state index is -0.604. The molecule has 1 aliphatic rings. The number of phenols is 1. The number of aromatic hydroxyl groups is 1. The number of hydrogen-bond donors (Lipinski definition) is 3. The van der Waals surface area contributed by atoms with Crippen LogP contribution in [0.25, 0.3) is 0 Å². The molecule has 0 saturated carbocycles. The van der Waals surface area contributed by atoms with E-state index in [-0.39, 0.29) is 22.6 Å². The van der Waals surface area contributed by atoms with Crippen molar-refractivity contribution in [1.82, 2.24) is 15.6 Å². The first-order chi connectivity index (χ1) is 11.5. The van der Waals surface area contributed by atoms with Gasteiger partial charge in [0.15, 0.2) is 0 Å². The van der Waals surface area contributed by atoms with E-state index in [4.69, 9.17) is 23.2 Å². The number of carbonyl (C=O) groups excluding carboxylic acids is 1. The van der Waals surface area contributed by atoms with E-state index in [1.54, 1.807) is 18.5 Å². The lowest BCUT2D eigenvalue weighted by Crippen LogP contribution is -2.51. The van der Waals surface area contributed by atoms with Crippen molar-refractivity contribution in [3.05, 3.63) is 57.3 Å². The number of rotatable bonds is 4. The maximum Gasteiger partial charge on any atom is 0.226 e. The Bertz CT molecular complexity index is 778. The highest BCUT2D eigenvalue weighted by Gasteiger charge is 2.30. The van der Waals surface area contributed by atoms with E-state index in [1.807, 2.05) is 6.92 Å². The van der Waals surface area contributed by atoms with Crippen LogP contribution in [0.1, 0.15) is 22.7 Å². The van der Waals surface area contributed by atoms with Crippen molar-refractivity contribution < 1.29 is 9.90 Å². The summed E-state index contributed by atoms with van der Waals surface area (Å²) in [5, 5.41) is 16.9. The van der Waals surface area contributed by atoms with Gasteiger partial charge in [-0.2, -0.15) is 0 Å². The van der Waals surface area contributed by atoms with Gasteiger partial charge in [-0.1, -0.05) is 23.2 Å². The fourth-order valence-corrected chi connectivity index (χ4v) is 3.11. The summed E-state index contributed by atoms with van der Waals surface area (Å²) >= 11 is 12.5. The highest BCUT2D eigenvalue weighted by atomic mass is 35.5. The summed E-state index contributed by atoms with van der Waals surface area (Å²) in [4.78, 5) is 16.6. The average molecular weight is 366 g/mol. The molecule has 2 heterocycles. The van der Waals surface area contributed by atoms with Crippen LogP contribution in [0.3, 0.4) is 0 Å². The second-order valence-electron chi connectivity index (χ2n) is 5.82. The first-order valence-corrected chi connectivity index (χ1v) is 8.33. The molecule has 3 N–H and O–H groups in total. The predicted molar refractivity (Wildman–Crippen MR) is 93.4 cm³/mol. The monoisotopic (exact) mass is 365 g/mol. The second kappa shape index (κ2) is 6.97. The lowest BCUT2D eigenvalue weighted by molar-refractivity contribution is -0.126. The Hall–Kier alpha value is -1.82. The van der Waals surface area contributed by atoms with Gasteiger partial charge in [-0.15, -0.1) is 0 Å². The summed E-state index contributed by atoms with van der Waals surface area (Å²) in [6.07, 6.45) is 3.34. The molecule has 0 radical (unpaired) electrons. The maximum atomic E-state index is 12.5. The summed E-state index contributed by atoms with van der Waals surface area (Å²) in [7, 11) is 0. The number of amides is 1. The Morgan fingerprint density at radius 3 is 2.75 bits per heavy atom. The van der Waals surface area contributed by atoms with E-state index in [0.29, 0.717) is 23.7 Å². The number of halogens is 2. The molecule has 1 aromatic carbocycles. The molecule has 0 aliphatic carbocycles. The van der Waals surface area contributed by atoms with Crippen LogP contribution in [0.2, 0.25) is 10.0 Å².